The second kappa shape index (κ2) is 8.62. The molecule has 0 aliphatic carbocycles. The third-order valence-electron chi connectivity index (χ3n) is 4.06. The van der Waals surface area contributed by atoms with Gasteiger partial charge in [-0.25, -0.2) is 4.79 Å². The molecule has 1 aliphatic rings. The molecule has 0 radical (unpaired) electrons. The van der Waals surface area contributed by atoms with E-state index in [2.05, 4.69) is 5.32 Å². The highest BCUT2D eigenvalue weighted by atomic mass is 16.4. The molecule has 1 heterocycles. The number of hydrogen-bond donors (Lipinski definition) is 4. The highest BCUT2D eigenvalue weighted by molar-refractivity contribution is 5.92. The number of carboxylic acid groups (broad SMARTS) is 2. The zero-order chi connectivity index (χ0) is 18.4. The van der Waals surface area contributed by atoms with Crippen molar-refractivity contribution in [2.24, 2.45) is 11.7 Å². The first-order valence-corrected chi connectivity index (χ1v) is 7.96. The van der Waals surface area contributed by atoms with Crippen LogP contribution in [0.2, 0.25) is 0 Å². The first kappa shape index (κ1) is 19.9. The fraction of sp³-hybridized carbons (Fsp3) is 0.733. The minimum absolute atomic E-state index is 0.0400. The van der Waals surface area contributed by atoms with Gasteiger partial charge in [-0.3, -0.25) is 14.4 Å². The van der Waals surface area contributed by atoms with Crippen molar-refractivity contribution in [1.29, 1.82) is 0 Å². The normalized spacial score (nSPS) is 19.8. The van der Waals surface area contributed by atoms with Crippen molar-refractivity contribution in [3.63, 3.8) is 0 Å². The van der Waals surface area contributed by atoms with E-state index in [1.54, 1.807) is 13.8 Å². The Kier molecular flexibility index (Phi) is 7.15. The molecule has 1 fully saturated rings. The molecule has 9 nitrogen and oxygen atoms in total. The summed E-state index contributed by atoms with van der Waals surface area (Å²) in [4.78, 5) is 47.8. The third-order valence-corrected chi connectivity index (χ3v) is 4.06. The second-order valence-electron chi connectivity index (χ2n) is 6.30. The molecular formula is C15H25N3O6. The zero-order valence-electron chi connectivity index (χ0n) is 13.9. The monoisotopic (exact) mass is 343 g/mol. The largest absolute Gasteiger partial charge is 0.481 e. The van der Waals surface area contributed by atoms with Crippen LogP contribution in [0, 0.1) is 5.92 Å². The van der Waals surface area contributed by atoms with Gasteiger partial charge in [-0.05, 0) is 25.2 Å². The lowest BCUT2D eigenvalue weighted by molar-refractivity contribution is -0.150. The Morgan fingerprint density at radius 2 is 1.88 bits per heavy atom. The van der Waals surface area contributed by atoms with E-state index in [0.717, 1.165) is 0 Å². The Morgan fingerprint density at radius 3 is 2.38 bits per heavy atom. The standard InChI is InChI=1S/C15H25N3O6/c1-8(2)12(17-13(21)9(16)5-6-11(19)20)14(22)18-7-3-4-10(18)15(23)24/h8-10,12H,3-7,16H2,1-2H3,(H,17,21)(H,19,20)(H,23,24). The van der Waals surface area contributed by atoms with Gasteiger partial charge < -0.3 is 26.2 Å². The second-order valence-corrected chi connectivity index (χ2v) is 6.30. The smallest absolute Gasteiger partial charge is 0.326 e. The van der Waals surface area contributed by atoms with Gasteiger partial charge in [0.1, 0.15) is 12.1 Å². The summed E-state index contributed by atoms with van der Waals surface area (Å²) >= 11 is 0. The predicted molar refractivity (Wildman–Crippen MR) is 84.0 cm³/mol. The first-order chi connectivity index (χ1) is 11.1. The van der Waals surface area contributed by atoms with E-state index in [1.807, 2.05) is 0 Å². The highest BCUT2D eigenvalue weighted by Gasteiger charge is 2.38. The Balaban J connectivity index is 2.76. The number of carbonyl (C=O) groups is 4. The van der Waals surface area contributed by atoms with Crippen LogP contribution in [-0.4, -0.2) is 63.5 Å². The van der Waals surface area contributed by atoms with Crippen LogP contribution in [0.5, 0.6) is 0 Å². The predicted octanol–water partition coefficient (Wildman–Crippen LogP) is -0.605. The van der Waals surface area contributed by atoms with Gasteiger partial charge in [0.05, 0.1) is 6.04 Å². The molecule has 0 spiro atoms. The fourth-order valence-corrected chi connectivity index (χ4v) is 2.65. The molecule has 1 rings (SSSR count). The van der Waals surface area contributed by atoms with E-state index in [-0.39, 0.29) is 18.8 Å². The number of likely N-dealkylation sites (tertiary alicyclic amines) is 1. The van der Waals surface area contributed by atoms with Crippen LogP contribution in [0.4, 0.5) is 0 Å². The number of nitrogens with one attached hydrogen (secondary N) is 1. The Bertz CT molecular complexity index is 507. The minimum atomic E-state index is -1.06. The Hall–Kier alpha value is -2.16. The summed E-state index contributed by atoms with van der Waals surface area (Å²) in [5.74, 6) is -3.45. The van der Waals surface area contributed by atoms with Crippen molar-refractivity contribution in [1.82, 2.24) is 10.2 Å². The van der Waals surface area contributed by atoms with E-state index in [0.29, 0.717) is 19.4 Å². The molecule has 2 amide bonds. The maximum absolute atomic E-state index is 12.6. The number of rotatable bonds is 8. The fourth-order valence-electron chi connectivity index (χ4n) is 2.65. The number of carboxylic acids is 2. The lowest BCUT2D eigenvalue weighted by Gasteiger charge is -2.30. The number of hydrogen-bond acceptors (Lipinski definition) is 5. The molecular weight excluding hydrogens is 318 g/mol. The molecule has 3 unspecified atom stereocenters. The van der Waals surface area contributed by atoms with Gasteiger partial charge >= 0.3 is 11.9 Å². The topological polar surface area (TPSA) is 150 Å². The Morgan fingerprint density at radius 1 is 1.25 bits per heavy atom. The van der Waals surface area contributed by atoms with Crippen molar-refractivity contribution in [3.8, 4) is 0 Å². The van der Waals surface area contributed by atoms with Gasteiger partial charge in [0.2, 0.25) is 11.8 Å². The highest BCUT2D eigenvalue weighted by Crippen LogP contribution is 2.20. The summed E-state index contributed by atoms with van der Waals surface area (Å²) in [6, 6.07) is -2.81. The molecule has 5 N–H and O–H groups in total. The molecule has 0 saturated carbocycles. The lowest BCUT2D eigenvalue weighted by Crippen LogP contribution is -2.56. The average molecular weight is 343 g/mol. The van der Waals surface area contributed by atoms with E-state index in [1.165, 1.54) is 4.90 Å². The van der Waals surface area contributed by atoms with Gasteiger partial charge in [-0.2, -0.15) is 0 Å². The van der Waals surface area contributed by atoms with Crippen LogP contribution in [0.1, 0.15) is 39.5 Å². The molecule has 0 aromatic heterocycles. The van der Waals surface area contributed by atoms with Crippen molar-refractivity contribution in [3.05, 3.63) is 0 Å². The zero-order valence-corrected chi connectivity index (χ0v) is 13.9. The van der Waals surface area contributed by atoms with Crippen LogP contribution in [0.15, 0.2) is 0 Å². The van der Waals surface area contributed by atoms with Crippen molar-refractivity contribution in [2.75, 3.05) is 6.54 Å². The van der Waals surface area contributed by atoms with Crippen molar-refractivity contribution in [2.45, 2.75) is 57.7 Å². The summed E-state index contributed by atoms with van der Waals surface area (Å²) in [6.45, 7) is 3.80. The number of carbonyl (C=O) groups excluding carboxylic acids is 2. The number of nitrogens with two attached hydrogens (primary N) is 1. The molecule has 1 aliphatic heterocycles. The SMILES string of the molecule is CC(C)C(NC(=O)C(N)CCC(=O)O)C(=O)N1CCCC1C(=O)O. The number of amides is 2. The molecule has 136 valence electrons. The number of aliphatic carboxylic acids is 2. The van der Waals surface area contributed by atoms with Gasteiger partial charge in [-0.1, -0.05) is 13.8 Å². The molecule has 0 aromatic rings. The molecule has 0 bridgehead atoms. The Labute approximate surface area is 140 Å². The van der Waals surface area contributed by atoms with Gasteiger partial charge in [0, 0.05) is 13.0 Å². The van der Waals surface area contributed by atoms with Gasteiger partial charge in [0.15, 0.2) is 0 Å². The molecule has 3 atom stereocenters. The average Bonchev–Trinajstić information content (AvgIpc) is 2.98. The summed E-state index contributed by atoms with van der Waals surface area (Å²) in [7, 11) is 0. The summed E-state index contributed by atoms with van der Waals surface area (Å²) in [5, 5.41) is 20.3. The van der Waals surface area contributed by atoms with Gasteiger partial charge in [0.25, 0.3) is 0 Å². The van der Waals surface area contributed by atoms with E-state index in [4.69, 9.17) is 10.8 Å². The summed E-state index contributed by atoms with van der Waals surface area (Å²) < 4.78 is 0. The quantitative estimate of drug-likeness (QED) is 0.459. The van der Waals surface area contributed by atoms with Gasteiger partial charge in [-0.15, -0.1) is 0 Å². The van der Waals surface area contributed by atoms with Crippen molar-refractivity contribution >= 4 is 23.8 Å². The van der Waals surface area contributed by atoms with Crippen LogP contribution < -0.4 is 11.1 Å². The van der Waals surface area contributed by atoms with Crippen LogP contribution in [-0.2, 0) is 19.2 Å². The lowest BCUT2D eigenvalue weighted by atomic mass is 10.0. The van der Waals surface area contributed by atoms with E-state index >= 15 is 0 Å². The molecule has 0 aromatic carbocycles. The third kappa shape index (κ3) is 5.19. The van der Waals surface area contributed by atoms with Crippen molar-refractivity contribution < 1.29 is 29.4 Å². The number of nitrogens with zero attached hydrogens (tertiary/aromatic N) is 1. The molecule has 9 heteroatoms. The van der Waals surface area contributed by atoms with E-state index in [9.17, 15) is 24.3 Å². The summed E-state index contributed by atoms with van der Waals surface area (Å²) in [5.41, 5.74) is 5.65. The van der Waals surface area contributed by atoms with Crippen LogP contribution in [0.3, 0.4) is 0 Å². The van der Waals surface area contributed by atoms with Crippen LogP contribution in [0.25, 0.3) is 0 Å². The maximum Gasteiger partial charge on any atom is 0.326 e. The van der Waals surface area contributed by atoms with Crippen LogP contribution >= 0.6 is 0 Å². The maximum atomic E-state index is 12.6. The molecule has 1 saturated heterocycles. The summed E-state index contributed by atoms with van der Waals surface area (Å²) in [6.07, 6.45) is 0.696. The van der Waals surface area contributed by atoms with E-state index < -0.39 is 41.9 Å². The first-order valence-electron chi connectivity index (χ1n) is 7.96. The minimum Gasteiger partial charge on any atom is -0.481 e. The molecule has 24 heavy (non-hydrogen) atoms.